The minimum Gasteiger partial charge on any atom is -0.456 e. The standard InChI is InChI=1S/C18H11O3P.C18H11O2PS/c19-22-16-10-3-1-6-12(16)20-14-8-5-9-15(18(14)22)21-13-7-2-4-11-17(13)22;22-21-16-10-3-1-6-12(16)19-14-8-5-9-15(18(14)21)20-13-7-2-4-11-17(13)21/h2*1-11H. The number of fused-ring (bicyclic) bond motifs is 8. The summed E-state index contributed by atoms with van der Waals surface area (Å²) in [6.07, 6.45) is 0. The van der Waals surface area contributed by atoms with E-state index in [1.54, 1.807) is 0 Å². The first-order valence-corrected chi connectivity index (χ1v) is 18.6. The summed E-state index contributed by atoms with van der Waals surface area (Å²) >= 11 is 6.31. The van der Waals surface area contributed by atoms with Crippen molar-refractivity contribution in [2.75, 3.05) is 0 Å². The van der Waals surface area contributed by atoms with Gasteiger partial charge >= 0.3 is 0 Å². The Morgan fingerprint density at radius 1 is 0.364 bits per heavy atom. The summed E-state index contributed by atoms with van der Waals surface area (Å²) in [4.78, 5) is 0. The number of rotatable bonds is 0. The lowest BCUT2D eigenvalue weighted by atomic mass is 10.3. The van der Waals surface area contributed by atoms with Crippen molar-refractivity contribution in [2.45, 2.75) is 0 Å². The van der Waals surface area contributed by atoms with Crippen LogP contribution in [0.4, 0.5) is 0 Å². The van der Waals surface area contributed by atoms with Gasteiger partial charge in [-0.25, -0.2) is 0 Å². The van der Waals surface area contributed by atoms with E-state index < -0.39 is 13.2 Å². The van der Waals surface area contributed by atoms with E-state index >= 15 is 0 Å². The minimum atomic E-state index is -2.97. The van der Waals surface area contributed by atoms with Gasteiger partial charge < -0.3 is 23.5 Å². The van der Waals surface area contributed by atoms with Crippen LogP contribution >= 0.6 is 13.2 Å². The molecule has 0 N–H and O–H groups in total. The molecular weight excluding hydrogens is 606 g/mol. The van der Waals surface area contributed by atoms with Crippen molar-refractivity contribution >= 4 is 56.8 Å². The summed E-state index contributed by atoms with van der Waals surface area (Å²) in [5, 5.41) is 5.42. The summed E-state index contributed by atoms with van der Waals surface area (Å²) in [7, 11) is -2.97. The van der Waals surface area contributed by atoms with Crippen molar-refractivity contribution < 1.29 is 23.5 Å². The van der Waals surface area contributed by atoms with Crippen molar-refractivity contribution in [3.63, 3.8) is 0 Å². The number of ether oxygens (including phenoxy) is 4. The number of hydrogen-bond acceptors (Lipinski definition) is 6. The zero-order valence-electron chi connectivity index (χ0n) is 23.0. The number of hydrogen-bond donors (Lipinski definition) is 0. The Morgan fingerprint density at radius 2 is 0.659 bits per heavy atom. The molecule has 0 atom stereocenters. The monoisotopic (exact) mass is 628 g/mol. The summed E-state index contributed by atoms with van der Waals surface area (Å²) < 4.78 is 38.3. The van der Waals surface area contributed by atoms with Crippen LogP contribution in [-0.4, -0.2) is 0 Å². The molecule has 4 heterocycles. The second kappa shape index (κ2) is 9.45. The molecule has 0 bridgehead atoms. The van der Waals surface area contributed by atoms with Gasteiger partial charge in [0, 0.05) is 10.6 Å². The Hall–Kier alpha value is -4.60. The highest BCUT2D eigenvalue weighted by Gasteiger charge is 2.46. The van der Waals surface area contributed by atoms with E-state index in [1.165, 1.54) is 0 Å². The van der Waals surface area contributed by atoms with Crippen LogP contribution in [0.15, 0.2) is 133 Å². The molecule has 0 fully saturated rings. The molecule has 0 saturated heterocycles. The van der Waals surface area contributed by atoms with Crippen LogP contribution in [-0.2, 0) is 16.4 Å². The van der Waals surface area contributed by atoms with Gasteiger partial charge in [-0.3, -0.25) is 0 Å². The summed E-state index contributed by atoms with van der Waals surface area (Å²) in [6.45, 7) is 0. The number of benzene rings is 6. The lowest BCUT2D eigenvalue weighted by Crippen LogP contribution is -2.34. The smallest absolute Gasteiger partial charge is 0.185 e. The Balaban J connectivity index is 0.000000123. The van der Waals surface area contributed by atoms with Gasteiger partial charge in [0.1, 0.15) is 51.3 Å². The average Bonchev–Trinajstić information content (AvgIpc) is 3.06. The highest BCUT2D eigenvalue weighted by atomic mass is 32.4. The highest BCUT2D eigenvalue weighted by molar-refractivity contribution is 8.26. The van der Waals surface area contributed by atoms with Crippen molar-refractivity contribution in [3.8, 4) is 46.0 Å². The normalized spacial score (nSPS) is 15.6. The van der Waals surface area contributed by atoms with Crippen molar-refractivity contribution in [1.82, 2.24) is 0 Å². The lowest BCUT2D eigenvalue weighted by molar-refractivity contribution is 0.461. The molecule has 212 valence electrons. The quantitative estimate of drug-likeness (QED) is 0.166. The molecule has 0 radical (unpaired) electrons. The predicted molar refractivity (Wildman–Crippen MR) is 179 cm³/mol. The molecule has 5 nitrogen and oxygen atoms in total. The van der Waals surface area contributed by atoms with Gasteiger partial charge in [-0.1, -0.05) is 72.5 Å². The first-order valence-electron chi connectivity index (χ1n) is 14.1. The summed E-state index contributed by atoms with van der Waals surface area (Å²) in [6, 6.07) is 40.6. The first kappa shape index (κ1) is 25.9. The summed E-state index contributed by atoms with van der Waals surface area (Å²) in [5.74, 6) is 5.95. The fraction of sp³-hybridized carbons (Fsp3) is 0. The van der Waals surface area contributed by atoms with Crippen LogP contribution in [0.2, 0.25) is 0 Å². The molecule has 4 aliphatic rings. The van der Waals surface area contributed by atoms with Crippen LogP contribution in [0.3, 0.4) is 0 Å². The molecule has 0 saturated carbocycles. The van der Waals surface area contributed by atoms with E-state index in [0.717, 1.165) is 49.5 Å². The third kappa shape index (κ3) is 3.48. The van der Waals surface area contributed by atoms with Crippen LogP contribution in [0.1, 0.15) is 0 Å². The van der Waals surface area contributed by atoms with Gasteiger partial charge in [-0.15, -0.1) is 0 Å². The molecule has 0 aliphatic carbocycles. The SMILES string of the molecule is O=P12c3ccccc3Oc3cccc(c31)Oc1ccccc12.S=P12c3ccccc3Oc3cccc(c31)Oc1ccccc12. The second-order valence-corrected chi connectivity index (χ2v) is 17.6. The van der Waals surface area contributed by atoms with E-state index in [-0.39, 0.29) is 0 Å². The lowest BCUT2D eigenvalue weighted by Gasteiger charge is -2.37. The molecule has 0 amide bonds. The van der Waals surface area contributed by atoms with Crippen molar-refractivity contribution in [2.24, 2.45) is 0 Å². The predicted octanol–water partition coefficient (Wildman–Crippen LogP) is 7.19. The molecular formula is C36H22O5P2S. The third-order valence-electron chi connectivity index (χ3n) is 8.25. The first-order chi connectivity index (χ1) is 21.6. The fourth-order valence-electron chi connectivity index (χ4n) is 6.38. The minimum absolute atomic E-state index is 0.619. The van der Waals surface area contributed by atoms with Crippen LogP contribution in [0.5, 0.6) is 46.0 Å². The van der Waals surface area contributed by atoms with Gasteiger partial charge in [0.2, 0.25) is 0 Å². The fourth-order valence-corrected chi connectivity index (χ4v) is 13.9. The van der Waals surface area contributed by atoms with E-state index in [1.807, 2.05) is 121 Å². The molecule has 44 heavy (non-hydrogen) atoms. The molecule has 6 aromatic rings. The molecule has 0 aromatic heterocycles. The Bertz CT molecular complexity index is 1980. The van der Waals surface area contributed by atoms with Gasteiger partial charge in [-0.2, -0.15) is 0 Å². The van der Waals surface area contributed by atoms with Crippen molar-refractivity contribution in [3.05, 3.63) is 133 Å². The molecule has 0 unspecified atom stereocenters. The Morgan fingerprint density at radius 3 is 1.07 bits per heavy atom. The van der Waals surface area contributed by atoms with Gasteiger partial charge in [-0.05, 0) is 72.8 Å². The van der Waals surface area contributed by atoms with E-state index in [4.69, 9.17) is 30.8 Å². The molecule has 6 aromatic carbocycles. The zero-order valence-corrected chi connectivity index (χ0v) is 25.7. The molecule has 8 heteroatoms. The summed E-state index contributed by atoms with van der Waals surface area (Å²) in [5.41, 5.74) is 0. The van der Waals surface area contributed by atoms with E-state index in [9.17, 15) is 4.57 Å². The van der Waals surface area contributed by atoms with Crippen LogP contribution < -0.4 is 50.8 Å². The highest BCUT2D eigenvalue weighted by Crippen LogP contribution is 2.59. The topological polar surface area (TPSA) is 54.0 Å². The second-order valence-electron chi connectivity index (χ2n) is 10.7. The third-order valence-corrected chi connectivity index (χ3v) is 16.3. The van der Waals surface area contributed by atoms with E-state index in [2.05, 4.69) is 12.1 Å². The largest absolute Gasteiger partial charge is 0.456 e. The maximum absolute atomic E-state index is 14.2. The maximum atomic E-state index is 14.2. The molecule has 0 spiro atoms. The van der Waals surface area contributed by atoms with Crippen LogP contribution in [0.25, 0.3) is 0 Å². The van der Waals surface area contributed by atoms with Crippen LogP contribution in [0, 0.1) is 0 Å². The van der Waals surface area contributed by atoms with Crippen molar-refractivity contribution in [1.29, 1.82) is 0 Å². The Kier molecular flexibility index (Phi) is 5.55. The average molecular weight is 629 g/mol. The maximum Gasteiger partial charge on any atom is 0.185 e. The molecule has 4 aliphatic heterocycles. The zero-order chi connectivity index (χ0) is 29.5. The Labute approximate surface area is 259 Å². The van der Waals surface area contributed by atoms with E-state index in [0.29, 0.717) is 28.3 Å². The molecule has 10 rings (SSSR count). The number of para-hydroxylation sites is 4. The van der Waals surface area contributed by atoms with Gasteiger partial charge in [0.05, 0.1) is 22.0 Å². The van der Waals surface area contributed by atoms with Gasteiger partial charge in [0.25, 0.3) is 0 Å². The van der Waals surface area contributed by atoms with Gasteiger partial charge in [0.15, 0.2) is 7.14 Å².